The van der Waals surface area contributed by atoms with E-state index in [2.05, 4.69) is 4.90 Å². The average molecular weight is 183 g/mol. The second-order valence-corrected chi connectivity index (χ2v) is 4.03. The minimum Gasteiger partial charge on any atom is -0.300 e. The number of nitrogens with zero attached hydrogens (tertiary/aromatic N) is 1. The summed E-state index contributed by atoms with van der Waals surface area (Å²) in [6, 6.07) is 0.982. The molecular formula is C12H25N. The lowest BCUT2D eigenvalue weighted by atomic mass is 10.0. The van der Waals surface area contributed by atoms with E-state index in [1.54, 1.807) is 0 Å². The predicted molar refractivity (Wildman–Crippen MR) is 59.0 cm³/mol. The van der Waals surface area contributed by atoms with E-state index in [1.165, 1.54) is 58.0 Å². The molecule has 1 nitrogen and oxygen atoms in total. The standard InChI is InChI=1S/C10H19N.C2H6/c1-2-4-8-11-9-5-7-10(11)6-3-1;1-2/h10H,1-9H2;1-2H3. The lowest BCUT2D eigenvalue weighted by Gasteiger charge is -2.26. The van der Waals surface area contributed by atoms with Crippen molar-refractivity contribution < 1.29 is 0 Å². The molecule has 0 spiro atoms. The molecule has 1 unspecified atom stereocenters. The van der Waals surface area contributed by atoms with E-state index in [1.807, 2.05) is 13.8 Å². The van der Waals surface area contributed by atoms with Crippen molar-refractivity contribution in [3.05, 3.63) is 0 Å². The second kappa shape index (κ2) is 6.42. The van der Waals surface area contributed by atoms with E-state index in [9.17, 15) is 0 Å². The summed E-state index contributed by atoms with van der Waals surface area (Å²) in [5, 5.41) is 0. The highest BCUT2D eigenvalue weighted by Gasteiger charge is 2.24. The molecule has 0 aromatic rings. The van der Waals surface area contributed by atoms with Gasteiger partial charge in [-0.3, -0.25) is 0 Å². The lowest BCUT2D eigenvalue weighted by molar-refractivity contribution is 0.219. The van der Waals surface area contributed by atoms with Gasteiger partial charge in [-0.15, -0.1) is 0 Å². The third kappa shape index (κ3) is 3.30. The second-order valence-electron chi connectivity index (χ2n) is 4.03. The van der Waals surface area contributed by atoms with Gasteiger partial charge in [0.1, 0.15) is 0 Å². The van der Waals surface area contributed by atoms with Crippen LogP contribution in [0.5, 0.6) is 0 Å². The maximum absolute atomic E-state index is 2.72. The van der Waals surface area contributed by atoms with Gasteiger partial charge in [-0.05, 0) is 38.8 Å². The fourth-order valence-corrected chi connectivity index (χ4v) is 2.56. The van der Waals surface area contributed by atoms with Gasteiger partial charge in [0, 0.05) is 6.04 Å². The van der Waals surface area contributed by atoms with E-state index >= 15 is 0 Å². The van der Waals surface area contributed by atoms with Crippen LogP contribution in [-0.2, 0) is 0 Å². The first-order valence-electron chi connectivity index (χ1n) is 6.21. The van der Waals surface area contributed by atoms with Crippen molar-refractivity contribution in [1.29, 1.82) is 0 Å². The quantitative estimate of drug-likeness (QED) is 0.556. The van der Waals surface area contributed by atoms with Gasteiger partial charge in [0.05, 0.1) is 0 Å². The number of rotatable bonds is 0. The van der Waals surface area contributed by atoms with Gasteiger partial charge in [-0.1, -0.05) is 33.1 Å². The van der Waals surface area contributed by atoms with Crippen molar-refractivity contribution in [1.82, 2.24) is 4.90 Å². The molecule has 2 fully saturated rings. The Labute approximate surface area is 83.5 Å². The molecule has 13 heavy (non-hydrogen) atoms. The fourth-order valence-electron chi connectivity index (χ4n) is 2.56. The molecule has 1 heteroatoms. The summed E-state index contributed by atoms with van der Waals surface area (Å²) in [5.74, 6) is 0. The molecule has 0 saturated carbocycles. The molecule has 1 atom stereocenters. The van der Waals surface area contributed by atoms with Gasteiger partial charge in [0.15, 0.2) is 0 Å². The van der Waals surface area contributed by atoms with Gasteiger partial charge in [-0.25, -0.2) is 0 Å². The summed E-state index contributed by atoms with van der Waals surface area (Å²) in [6.07, 6.45) is 10.3. The molecule has 2 aliphatic heterocycles. The van der Waals surface area contributed by atoms with Crippen molar-refractivity contribution in [2.75, 3.05) is 13.1 Å². The van der Waals surface area contributed by atoms with Crippen LogP contribution in [0.1, 0.15) is 58.8 Å². The zero-order valence-corrected chi connectivity index (χ0v) is 9.39. The summed E-state index contributed by atoms with van der Waals surface area (Å²) >= 11 is 0. The van der Waals surface area contributed by atoms with Gasteiger partial charge < -0.3 is 4.90 Å². The molecule has 0 bridgehead atoms. The van der Waals surface area contributed by atoms with Crippen LogP contribution in [-0.4, -0.2) is 24.0 Å². The molecule has 0 N–H and O–H groups in total. The molecule has 0 amide bonds. The SMILES string of the molecule is C1CCCN2CCCC2CC1.CC. The Morgan fingerprint density at radius 3 is 2.23 bits per heavy atom. The van der Waals surface area contributed by atoms with Gasteiger partial charge in [0.25, 0.3) is 0 Å². The molecule has 2 heterocycles. The fraction of sp³-hybridized carbons (Fsp3) is 1.00. The third-order valence-electron chi connectivity index (χ3n) is 3.23. The van der Waals surface area contributed by atoms with Crippen molar-refractivity contribution in [3.8, 4) is 0 Å². The van der Waals surface area contributed by atoms with Gasteiger partial charge >= 0.3 is 0 Å². The van der Waals surface area contributed by atoms with E-state index in [4.69, 9.17) is 0 Å². The van der Waals surface area contributed by atoms with E-state index in [-0.39, 0.29) is 0 Å². The smallest absolute Gasteiger partial charge is 0.00957 e. The minimum absolute atomic E-state index is 0.982. The zero-order valence-electron chi connectivity index (χ0n) is 9.39. The van der Waals surface area contributed by atoms with Crippen LogP contribution in [0.15, 0.2) is 0 Å². The number of fused-ring (bicyclic) bond motifs is 1. The molecule has 2 rings (SSSR count). The highest BCUT2D eigenvalue weighted by molar-refractivity contribution is 4.80. The van der Waals surface area contributed by atoms with E-state index in [0.29, 0.717) is 0 Å². The minimum atomic E-state index is 0.982. The molecular weight excluding hydrogens is 158 g/mol. The predicted octanol–water partition coefficient (Wildman–Crippen LogP) is 3.44. The Hall–Kier alpha value is -0.0400. The highest BCUT2D eigenvalue weighted by atomic mass is 15.2. The zero-order chi connectivity index (χ0) is 9.52. The Balaban J connectivity index is 0.000000396. The molecule has 0 radical (unpaired) electrons. The normalized spacial score (nSPS) is 29.5. The lowest BCUT2D eigenvalue weighted by Crippen LogP contribution is -2.31. The number of hydrogen-bond donors (Lipinski definition) is 0. The summed E-state index contributed by atoms with van der Waals surface area (Å²) in [7, 11) is 0. The molecule has 78 valence electrons. The Morgan fingerprint density at radius 2 is 1.38 bits per heavy atom. The van der Waals surface area contributed by atoms with Crippen LogP contribution < -0.4 is 0 Å². The van der Waals surface area contributed by atoms with Crippen LogP contribution in [0.3, 0.4) is 0 Å². The average Bonchev–Trinajstić information content (AvgIpc) is 2.55. The van der Waals surface area contributed by atoms with Crippen LogP contribution in [0.4, 0.5) is 0 Å². The molecule has 0 aliphatic carbocycles. The maximum atomic E-state index is 2.72. The van der Waals surface area contributed by atoms with Crippen molar-refractivity contribution >= 4 is 0 Å². The largest absolute Gasteiger partial charge is 0.300 e. The molecule has 2 saturated heterocycles. The Morgan fingerprint density at radius 1 is 0.769 bits per heavy atom. The molecule has 0 aromatic carbocycles. The first kappa shape index (κ1) is 11.0. The van der Waals surface area contributed by atoms with Crippen molar-refractivity contribution in [3.63, 3.8) is 0 Å². The first-order valence-corrected chi connectivity index (χ1v) is 6.21. The Kier molecular flexibility index (Phi) is 5.45. The molecule has 2 aliphatic rings. The van der Waals surface area contributed by atoms with Crippen LogP contribution in [0.25, 0.3) is 0 Å². The maximum Gasteiger partial charge on any atom is 0.00957 e. The summed E-state index contributed by atoms with van der Waals surface area (Å²) in [4.78, 5) is 2.72. The van der Waals surface area contributed by atoms with Crippen LogP contribution in [0.2, 0.25) is 0 Å². The van der Waals surface area contributed by atoms with Crippen molar-refractivity contribution in [2.24, 2.45) is 0 Å². The topological polar surface area (TPSA) is 3.24 Å². The van der Waals surface area contributed by atoms with Crippen LogP contribution >= 0.6 is 0 Å². The highest BCUT2D eigenvalue weighted by Crippen LogP contribution is 2.24. The monoisotopic (exact) mass is 183 g/mol. The van der Waals surface area contributed by atoms with Crippen molar-refractivity contribution in [2.45, 2.75) is 64.8 Å². The summed E-state index contributed by atoms with van der Waals surface area (Å²) in [5.41, 5.74) is 0. The van der Waals surface area contributed by atoms with Gasteiger partial charge in [0.2, 0.25) is 0 Å². The van der Waals surface area contributed by atoms with Crippen LogP contribution in [0, 0.1) is 0 Å². The number of hydrogen-bond acceptors (Lipinski definition) is 1. The van der Waals surface area contributed by atoms with E-state index in [0.717, 1.165) is 6.04 Å². The summed E-state index contributed by atoms with van der Waals surface area (Å²) in [6.45, 7) is 6.79. The molecule has 0 aromatic heterocycles. The Bertz CT molecular complexity index is 108. The first-order chi connectivity index (χ1) is 6.47. The summed E-state index contributed by atoms with van der Waals surface area (Å²) < 4.78 is 0. The third-order valence-corrected chi connectivity index (χ3v) is 3.23. The van der Waals surface area contributed by atoms with E-state index < -0.39 is 0 Å². The van der Waals surface area contributed by atoms with Gasteiger partial charge in [-0.2, -0.15) is 0 Å².